The molecule has 0 saturated carbocycles. The number of tetrazole rings is 1. The van der Waals surface area contributed by atoms with Gasteiger partial charge in [-0.05, 0) is 5.21 Å². The van der Waals surface area contributed by atoms with Crippen LogP contribution in [0, 0.1) is 0 Å². The molecule has 1 N–H and O–H groups in total. The van der Waals surface area contributed by atoms with Crippen LogP contribution in [0.25, 0.3) is 0 Å². The molecule has 0 aliphatic heterocycles. The zero-order chi connectivity index (χ0) is 6.53. The minimum atomic E-state index is 0.232. The van der Waals surface area contributed by atoms with Crippen LogP contribution in [-0.4, -0.2) is 33.1 Å². The van der Waals surface area contributed by atoms with Crippen molar-refractivity contribution >= 4 is 11.6 Å². The Morgan fingerprint density at radius 1 is 1.67 bits per heavy atom. The number of ether oxygens (including phenoxy) is 1. The zero-order valence-electron chi connectivity index (χ0n) is 4.54. The molecule has 1 aromatic heterocycles. The molecule has 0 aliphatic rings. The fourth-order valence-corrected chi connectivity index (χ4v) is 0.421. The van der Waals surface area contributed by atoms with Crippen molar-refractivity contribution in [3.63, 3.8) is 0 Å². The van der Waals surface area contributed by atoms with E-state index in [4.69, 9.17) is 16.3 Å². The van der Waals surface area contributed by atoms with E-state index in [1.54, 1.807) is 0 Å². The number of aromatic nitrogens is 4. The molecule has 9 heavy (non-hydrogen) atoms. The lowest BCUT2D eigenvalue weighted by Gasteiger charge is -1.92. The van der Waals surface area contributed by atoms with Crippen molar-refractivity contribution in [2.24, 2.45) is 0 Å². The summed E-state index contributed by atoms with van der Waals surface area (Å²) in [5.74, 6) is 0.425. The van der Waals surface area contributed by atoms with Gasteiger partial charge < -0.3 is 4.74 Å². The highest BCUT2D eigenvalue weighted by molar-refractivity contribution is 6.17. The molecule has 50 valence electrons. The highest BCUT2D eigenvalue weighted by Gasteiger charge is 1.94. The molecule has 6 heteroatoms. The molecule has 0 unspecified atom stereocenters. The van der Waals surface area contributed by atoms with E-state index in [2.05, 4.69) is 20.6 Å². The Labute approximate surface area is 56.4 Å². The lowest BCUT2D eigenvalue weighted by molar-refractivity contribution is 0.315. The lowest BCUT2D eigenvalue weighted by Crippen LogP contribution is -1.99. The van der Waals surface area contributed by atoms with Crippen molar-refractivity contribution in [2.75, 3.05) is 12.5 Å². The van der Waals surface area contributed by atoms with Crippen LogP contribution in [0.1, 0.15) is 0 Å². The van der Waals surface area contributed by atoms with Crippen LogP contribution in [-0.2, 0) is 0 Å². The summed E-state index contributed by atoms with van der Waals surface area (Å²) in [7, 11) is 0. The molecule has 0 aliphatic carbocycles. The quantitative estimate of drug-likeness (QED) is 0.604. The van der Waals surface area contributed by atoms with Gasteiger partial charge in [0.15, 0.2) is 0 Å². The van der Waals surface area contributed by atoms with Gasteiger partial charge in [0.25, 0.3) is 0 Å². The third kappa shape index (κ3) is 1.85. The van der Waals surface area contributed by atoms with Crippen LogP contribution < -0.4 is 4.74 Å². The SMILES string of the molecule is ClCCOc1nn[nH]n1. The van der Waals surface area contributed by atoms with Crippen molar-refractivity contribution in [3.8, 4) is 6.01 Å². The average molecular weight is 149 g/mol. The second-order valence-corrected chi connectivity index (χ2v) is 1.61. The Morgan fingerprint density at radius 3 is 3.11 bits per heavy atom. The Hall–Kier alpha value is -0.840. The molecule has 5 nitrogen and oxygen atoms in total. The second kappa shape index (κ2) is 3.24. The third-order valence-electron chi connectivity index (χ3n) is 0.634. The molecule has 0 spiro atoms. The molecule has 0 amide bonds. The van der Waals surface area contributed by atoms with Gasteiger partial charge in [0, 0.05) is 0 Å². The van der Waals surface area contributed by atoms with E-state index in [9.17, 15) is 0 Å². The number of nitrogens with one attached hydrogen (secondary N) is 1. The van der Waals surface area contributed by atoms with Crippen LogP contribution in [0.4, 0.5) is 0 Å². The molecule has 1 heterocycles. The summed E-state index contributed by atoms with van der Waals surface area (Å²) in [6.45, 7) is 0.404. The molecular weight excluding hydrogens is 144 g/mol. The van der Waals surface area contributed by atoms with Crippen molar-refractivity contribution in [3.05, 3.63) is 0 Å². The fourth-order valence-electron chi connectivity index (χ4n) is 0.344. The van der Waals surface area contributed by atoms with Gasteiger partial charge in [-0.25, -0.2) is 0 Å². The van der Waals surface area contributed by atoms with Gasteiger partial charge in [-0.2, -0.15) is 5.21 Å². The maximum absolute atomic E-state index is 5.31. The number of rotatable bonds is 3. The maximum Gasteiger partial charge on any atom is 0.355 e. The first-order valence-electron chi connectivity index (χ1n) is 2.35. The van der Waals surface area contributed by atoms with E-state index in [1.807, 2.05) is 0 Å². The fraction of sp³-hybridized carbons (Fsp3) is 0.667. The summed E-state index contributed by atoms with van der Waals surface area (Å²) in [6, 6.07) is 0.232. The minimum Gasteiger partial charge on any atom is -0.460 e. The molecule has 1 rings (SSSR count). The number of hydrogen-bond donors (Lipinski definition) is 1. The Balaban J connectivity index is 2.30. The molecule has 0 aromatic carbocycles. The molecule has 0 saturated heterocycles. The monoisotopic (exact) mass is 148 g/mol. The normalized spacial score (nSPS) is 9.44. The first kappa shape index (κ1) is 6.28. The summed E-state index contributed by atoms with van der Waals surface area (Å²) >= 11 is 5.31. The summed E-state index contributed by atoms with van der Waals surface area (Å²) < 4.78 is 4.85. The van der Waals surface area contributed by atoms with Crippen LogP contribution in [0.5, 0.6) is 6.01 Å². The van der Waals surface area contributed by atoms with Crippen LogP contribution >= 0.6 is 11.6 Å². The van der Waals surface area contributed by atoms with Crippen LogP contribution in [0.2, 0.25) is 0 Å². The van der Waals surface area contributed by atoms with Crippen LogP contribution in [0.15, 0.2) is 0 Å². The van der Waals surface area contributed by atoms with Crippen molar-refractivity contribution in [1.29, 1.82) is 0 Å². The zero-order valence-corrected chi connectivity index (χ0v) is 5.30. The molecule has 0 atom stereocenters. The Bertz CT molecular complexity index is 153. The molecule has 0 radical (unpaired) electrons. The average Bonchev–Trinajstić information content (AvgIpc) is 2.34. The molecule has 0 bridgehead atoms. The van der Waals surface area contributed by atoms with Gasteiger partial charge >= 0.3 is 6.01 Å². The van der Waals surface area contributed by atoms with Gasteiger partial charge in [0.05, 0.1) is 5.88 Å². The Morgan fingerprint density at radius 2 is 2.56 bits per heavy atom. The Kier molecular flexibility index (Phi) is 2.26. The van der Waals surface area contributed by atoms with Crippen molar-refractivity contribution in [1.82, 2.24) is 20.6 Å². The second-order valence-electron chi connectivity index (χ2n) is 1.23. The van der Waals surface area contributed by atoms with E-state index < -0.39 is 0 Å². The largest absolute Gasteiger partial charge is 0.460 e. The highest BCUT2D eigenvalue weighted by atomic mass is 35.5. The predicted molar refractivity (Wildman–Crippen MR) is 30.4 cm³/mol. The number of halogens is 1. The number of aromatic amines is 1. The maximum atomic E-state index is 5.31. The molecule has 0 fully saturated rings. The van der Waals surface area contributed by atoms with E-state index in [0.717, 1.165) is 0 Å². The number of H-pyrrole nitrogens is 1. The van der Waals surface area contributed by atoms with Crippen molar-refractivity contribution in [2.45, 2.75) is 0 Å². The summed E-state index contributed by atoms with van der Waals surface area (Å²) in [4.78, 5) is 0. The smallest absolute Gasteiger partial charge is 0.355 e. The topological polar surface area (TPSA) is 63.7 Å². The van der Waals surface area contributed by atoms with Gasteiger partial charge in [0.1, 0.15) is 6.61 Å². The van der Waals surface area contributed by atoms with Gasteiger partial charge in [-0.15, -0.1) is 11.6 Å². The standard InChI is InChI=1S/C3H5ClN4O/c4-1-2-9-3-5-7-8-6-3/h1-2H2,(H,5,6,7,8). The van der Waals surface area contributed by atoms with Gasteiger partial charge in [0.2, 0.25) is 0 Å². The lowest BCUT2D eigenvalue weighted by atomic mass is 10.9. The summed E-state index contributed by atoms with van der Waals surface area (Å²) in [6.07, 6.45) is 0. The highest BCUT2D eigenvalue weighted by Crippen LogP contribution is 1.92. The van der Waals surface area contributed by atoms with E-state index in [-0.39, 0.29) is 6.01 Å². The summed E-state index contributed by atoms with van der Waals surface area (Å²) in [5.41, 5.74) is 0. The minimum absolute atomic E-state index is 0.232. The number of nitrogens with zero attached hydrogens (tertiary/aromatic N) is 3. The van der Waals surface area contributed by atoms with Crippen molar-refractivity contribution < 1.29 is 4.74 Å². The van der Waals surface area contributed by atoms with Gasteiger partial charge in [-0.1, -0.05) is 10.2 Å². The number of alkyl halides is 1. The van der Waals surface area contributed by atoms with E-state index in [1.165, 1.54) is 0 Å². The van der Waals surface area contributed by atoms with E-state index >= 15 is 0 Å². The van der Waals surface area contributed by atoms with E-state index in [0.29, 0.717) is 12.5 Å². The van der Waals surface area contributed by atoms with Gasteiger partial charge in [-0.3, -0.25) is 0 Å². The summed E-state index contributed by atoms with van der Waals surface area (Å²) in [5, 5.41) is 12.6. The van der Waals surface area contributed by atoms with Crippen LogP contribution in [0.3, 0.4) is 0 Å². The first-order valence-corrected chi connectivity index (χ1v) is 2.89. The third-order valence-corrected chi connectivity index (χ3v) is 0.789. The number of hydrogen-bond acceptors (Lipinski definition) is 4. The first-order chi connectivity index (χ1) is 4.43. The molecule has 1 aromatic rings. The predicted octanol–water partition coefficient (Wildman–Crippen LogP) is -0.183. The molecular formula is C3H5ClN4O.